The van der Waals surface area contributed by atoms with Gasteiger partial charge in [-0.1, -0.05) is 0 Å². The van der Waals surface area contributed by atoms with Crippen molar-refractivity contribution < 1.29 is 9.16 Å². The average Bonchev–Trinajstić information content (AvgIpc) is 1.79. The summed E-state index contributed by atoms with van der Waals surface area (Å²) in [5.41, 5.74) is -0.0531. The third-order valence-corrected chi connectivity index (χ3v) is 3.39. The van der Waals surface area contributed by atoms with Crippen molar-refractivity contribution in [3.05, 3.63) is 0 Å². The average molecular weight is 160 g/mol. The summed E-state index contributed by atoms with van der Waals surface area (Å²) in [6.07, 6.45) is 0.833. The van der Waals surface area contributed by atoms with E-state index in [0.29, 0.717) is 0 Å². The molecule has 10 heavy (non-hydrogen) atoms. The summed E-state index contributed by atoms with van der Waals surface area (Å²) in [7, 11) is -1.40. The Morgan fingerprint density at radius 3 is 2.20 bits per heavy atom. The fourth-order valence-electron chi connectivity index (χ4n) is 0.822. The largest absolute Gasteiger partial charge is 0.412 e. The zero-order chi connectivity index (χ0) is 7.83. The molecular formula is C7H16O2Si. The Hall–Kier alpha value is 0.137. The first kappa shape index (κ1) is 8.24. The molecule has 0 aliphatic carbocycles. The molecule has 1 heterocycles. The molecule has 1 saturated heterocycles. The molecule has 0 spiro atoms. The molecule has 1 rings (SSSR count). The summed E-state index contributed by atoms with van der Waals surface area (Å²) in [5, 5.41) is 0. The summed E-state index contributed by atoms with van der Waals surface area (Å²) >= 11 is 0. The van der Waals surface area contributed by atoms with Gasteiger partial charge in [-0.25, -0.2) is 0 Å². The van der Waals surface area contributed by atoms with E-state index in [1.807, 2.05) is 0 Å². The lowest BCUT2D eigenvalue weighted by Crippen LogP contribution is -2.50. The smallest absolute Gasteiger partial charge is 0.212 e. The zero-order valence-corrected chi connectivity index (χ0v) is 8.23. The van der Waals surface area contributed by atoms with Gasteiger partial charge < -0.3 is 9.16 Å². The number of hydrogen-bond donors (Lipinski definition) is 0. The molecule has 60 valence electrons. The van der Waals surface area contributed by atoms with Gasteiger partial charge in [0.25, 0.3) is 0 Å². The monoisotopic (exact) mass is 160 g/mol. The molecule has 2 nitrogen and oxygen atoms in total. The normalized spacial score (nSPS) is 30.0. The standard InChI is InChI=1S/C7H16O2Si/c1-7(2)5-9-10(3,4)6-8-7/h5-6H2,1-4H3. The quantitative estimate of drug-likeness (QED) is 0.501. The molecule has 1 aliphatic heterocycles. The lowest BCUT2D eigenvalue weighted by molar-refractivity contribution is -0.0626. The van der Waals surface area contributed by atoms with Crippen molar-refractivity contribution in [2.24, 2.45) is 0 Å². The molecule has 0 amide bonds. The van der Waals surface area contributed by atoms with Crippen LogP contribution in [-0.2, 0) is 9.16 Å². The van der Waals surface area contributed by atoms with E-state index in [4.69, 9.17) is 9.16 Å². The molecule has 0 N–H and O–H groups in total. The van der Waals surface area contributed by atoms with E-state index in [0.717, 1.165) is 12.8 Å². The van der Waals surface area contributed by atoms with Gasteiger partial charge >= 0.3 is 0 Å². The third kappa shape index (κ3) is 2.07. The van der Waals surface area contributed by atoms with E-state index in [-0.39, 0.29) is 5.60 Å². The van der Waals surface area contributed by atoms with Gasteiger partial charge in [0.05, 0.1) is 18.4 Å². The fourth-order valence-corrected chi connectivity index (χ4v) is 2.38. The van der Waals surface area contributed by atoms with Crippen molar-refractivity contribution in [2.45, 2.75) is 32.5 Å². The van der Waals surface area contributed by atoms with Gasteiger partial charge in [-0.15, -0.1) is 0 Å². The van der Waals surface area contributed by atoms with Crippen LogP contribution in [0.15, 0.2) is 0 Å². The molecule has 0 unspecified atom stereocenters. The van der Waals surface area contributed by atoms with Crippen molar-refractivity contribution in [3.63, 3.8) is 0 Å². The highest BCUT2D eigenvalue weighted by Crippen LogP contribution is 2.21. The van der Waals surface area contributed by atoms with E-state index in [1.54, 1.807) is 0 Å². The predicted molar refractivity (Wildman–Crippen MR) is 43.5 cm³/mol. The van der Waals surface area contributed by atoms with Gasteiger partial charge in [0, 0.05) is 0 Å². The first-order chi connectivity index (χ1) is 4.41. The highest BCUT2D eigenvalue weighted by molar-refractivity contribution is 6.71. The van der Waals surface area contributed by atoms with Crippen LogP contribution >= 0.6 is 0 Å². The van der Waals surface area contributed by atoms with Gasteiger partial charge in [-0.05, 0) is 26.9 Å². The molecule has 0 atom stereocenters. The van der Waals surface area contributed by atoms with Crippen LogP contribution < -0.4 is 0 Å². The van der Waals surface area contributed by atoms with Crippen LogP contribution in [0.5, 0.6) is 0 Å². The van der Waals surface area contributed by atoms with Gasteiger partial charge in [0.2, 0.25) is 8.32 Å². The summed E-state index contributed by atoms with van der Waals surface area (Å²) in [6.45, 7) is 9.25. The maximum atomic E-state index is 5.69. The fraction of sp³-hybridized carbons (Fsp3) is 1.00. The predicted octanol–water partition coefficient (Wildman–Crippen LogP) is 1.56. The topological polar surface area (TPSA) is 18.5 Å². The van der Waals surface area contributed by atoms with Gasteiger partial charge in [-0.2, -0.15) is 0 Å². The van der Waals surface area contributed by atoms with E-state index in [2.05, 4.69) is 26.9 Å². The Kier molecular flexibility index (Phi) is 1.91. The minimum atomic E-state index is -1.40. The summed E-state index contributed by atoms with van der Waals surface area (Å²) < 4.78 is 11.3. The van der Waals surface area contributed by atoms with Crippen LogP contribution in [0.4, 0.5) is 0 Å². The van der Waals surface area contributed by atoms with E-state index >= 15 is 0 Å². The van der Waals surface area contributed by atoms with Gasteiger partial charge in [0.1, 0.15) is 0 Å². The zero-order valence-electron chi connectivity index (χ0n) is 7.23. The van der Waals surface area contributed by atoms with E-state index in [9.17, 15) is 0 Å². The maximum Gasteiger partial charge on any atom is 0.212 e. The van der Waals surface area contributed by atoms with Crippen molar-refractivity contribution >= 4 is 8.32 Å². The summed E-state index contributed by atoms with van der Waals surface area (Å²) in [4.78, 5) is 0. The molecule has 0 saturated carbocycles. The molecule has 0 aromatic heterocycles. The first-order valence-corrected chi connectivity index (χ1v) is 6.81. The van der Waals surface area contributed by atoms with Crippen LogP contribution in [0.2, 0.25) is 13.1 Å². The molecule has 1 aliphatic rings. The summed E-state index contributed by atoms with van der Waals surface area (Å²) in [6, 6.07) is 0. The van der Waals surface area contributed by atoms with Gasteiger partial charge in [-0.3, -0.25) is 0 Å². The molecule has 0 aromatic rings. The highest BCUT2D eigenvalue weighted by atomic mass is 28.4. The van der Waals surface area contributed by atoms with Crippen molar-refractivity contribution in [1.29, 1.82) is 0 Å². The first-order valence-electron chi connectivity index (χ1n) is 3.69. The Labute approximate surface area is 63.7 Å². The number of hydrogen-bond acceptors (Lipinski definition) is 2. The molecular weight excluding hydrogens is 144 g/mol. The van der Waals surface area contributed by atoms with E-state index < -0.39 is 8.32 Å². The van der Waals surface area contributed by atoms with Crippen LogP contribution in [0, 0.1) is 0 Å². The van der Waals surface area contributed by atoms with Crippen molar-refractivity contribution in [3.8, 4) is 0 Å². The lowest BCUT2D eigenvalue weighted by atomic mass is 10.2. The maximum absolute atomic E-state index is 5.69. The molecule has 0 aromatic carbocycles. The Bertz CT molecular complexity index is 104. The molecule has 0 bridgehead atoms. The SMILES string of the molecule is CC1(C)CO[Si](C)(C)CO1. The lowest BCUT2D eigenvalue weighted by Gasteiger charge is -2.38. The minimum absolute atomic E-state index is 0.0531. The van der Waals surface area contributed by atoms with Crippen LogP contribution in [0.3, 0.4) is 0 Å². The molecule has 0 radical (unpaired) electrons. The number of rotatable bonds is 0. The summed E-state index contributed by atoms with van der Waals surface area (Å²) in [5.74, 6) is 0. The Balaban J connectivity index is 2.46. The second kappa shape index (κ2) is 2.32. The van der Waals surface area contributed by atoms with Gasteiger partial charge in [0.15, 0.2) is 0 Å². The Morgan fingerprint density at radius 1 is 1.30 bits per heavy atom. The van der Waals surface area contributed by atoms with Crippen molar-refractivity contribution in [1.82, 2.24) is 0 Å². The van der Waals surface area contributed by atoms with Crippen LogP contribution in [0.25, 0.3) is 0 Å². The Morgan fingerprint density at radius 2 is 1.90 bits per heavy atom. The third-order valence-electron chi connectivity index (χ3n) is 1.62. The van der Waals surface area contributed by atoms with E-state index in [1.165, 1.54) is 0 Å². The molecule has 1 fully saturated rings. The van der Waals surface area contributed by atoms with Crippen molar-refractivity contribution in [2.75, 3.05) is 12.8 Å². The number of ether oxygens (including phenoxy) is 1. The molecule has 3 heteroatoms. The van der Waals surface area contributed by atoms with Crippen LogP contribution in [0.1, 0.15) is 13.8 Å². The minimum Gasteiger partial charge on any atom is -0.412 e. The second-order valence-corrected chi connectivity index (χ2v) is 8.19. The second-order valence-electron chi connectivity index (χ2n) is 4.10. The highest BCUT2D eigenvalue weighted by Gasteiger charge is 2.34. The van der Waals surface area contributed by atoms with Crippen LogP contribution in [-0.4, -0.2) is 26.8 Å².